The molecule has 0 aliphatic heterocycles. The Bertz CT molecular complexity index is 870. The maximum absolute atomic E-state index is 13.9. The zero-order valence-electron chi connectivity index (χ0n) is 13.7. The number of benzene rings is 2. The maximum atomic E-state index is 13.9. The summed E-state index contributed by atoms with van der Waals surface area (Å²) in [7, 11) is -4.04. The Labute approximate surface area is 151 Å². The summed E-state index contributed by atoms with van der Waals surface area (Å²) in [5.41, 5.74) is 1.29. The second kappa shape index (κ2) is 7.95. The van der Waals surface area contributed by atoms with Gasteiger partial charge in [-0.05, 0) is 42.8 Å². The van der Waals surface area contributed by atoms with Crippen molar-refractivity contribution in [1.29, 1.82) is 0 Å². The van der Waals surface area contributed by atoms with Crippen LogP contribution < -0.4 is 10.0 Å². The minimum atomic E-state index is -4.04. The molecule has 0 spiro atoms. The van der Waals surface area contributed by atoms with Crippen LogP contribution in [-0.2, 0) is 14.8 Å². The minimum Gasteiger partial charge on any atom is -0.326 e. The number of anilines is 1. The van der Waals surface area contributed by atoms with Crippen molar-refractivity contribution in [3.63, 3.8) is 0 Å². The van der Waals surface area contributed by atoms with Gasteiger partial charge in [0.25, 0.3) is 0 Å². The van der Waals surface area contributed by atoms with Crippen LogP contribution in [0.25, 0.3) is 0 Å². The van der Waals surface area contributed by atoms with Crippen LogP contribution in [0.5, 0.6) is 0 Å². The molecular formula is C17H18ClFN2O3S. The monoisotopic (exact) mass is 384 g/mol. The predicted molar refractivity (Wildman–Crippen MR) is 95.5 cm³/mol. The van der Waals surface area contributed by atoms with E-state index in [1.807, 2.05) is 0 Å². The standard InChI is InChI=1S/C17H18ClFN2O3S/c1-3-17(22)20-14-7-4-12(5-8-14)11(2)21-25(23,24)16-9-6-13(18)10-15(16)19/h4-11,21H,3H2,1-2H3,(H,20,22). The van der Waals surface area contributed by atoms with Gasteiger partial charge >= 0.3 is 0 Å². The Kier molecular flexibility index (Phi) is 6.16. The fourth-order valence-corrected chi connectivity index (χ4v) is 3.61. The Morgan fingerprint density at radius 2 is 1.84 bits per heavy atom. The van der Waals surface area contributed by atoms with Crippen LogP contribution in [0.2, 0.25) is 5.02 Å². The summed E-state index contributed by atoms with van der Waals surface area (Å²) >= 11 is 5.64. The van der Waals surface area contributed by atoms with Crippen LogP contribution in [0.1, 0.15) is 31.9 Å². The summed E-state index contributed by atoms with van der Waals surface area (Å²) in [6.45, 7) is 3.39. The molecule has 0 aromatic heterocycles. The lowest BCUT2D eigenvalue weighted by Gasteiger charge is -2.16. The molecule has 0 aliphatic rings. The van der Waals surface area contributed by atoms with E-state index in [0.717, 1.165) is 12.1 Å². The van der Waals surface area contributed by atoms with Crippen molar-refractivity contribution in [2.75, 3.05) is 5.32 Å². The number of sulfonamides is 1. The van der Waals surface area contributed by atoms with Gasteiger partial charge in [-0.2, -0.15) is 0 Å². The Hall–Kier alpha value is -1.96. The molecule has 0 saturated carbocycles. The molecular weight excluding hydrogens is 367 g/mol. The SMILES string of the molecule is CCC(=O)Nc1ccc(C(C)NS(=O)(=O)c2ccc(Cl)cc2F)cc1. The molecule has 1 unspecified atom stereocenters. The molecule has 2 aromatic carbocycles. The second-order valence-corrected chi connectivity index (χ2v) is 7.56. The molecule has 0 bridgehead atoms. The predicted octanol–water partition coefficient (Wildman–Crippen LogP) is 3.87. The highest BCUT2D eigenvalue weighted by Gasteiger charge is 2.22. The van der Waals surface area contributed by atoms with Gasteiger partial charge in [0.1, 0.15) is 10.7 Å². The van der Waals surface area contributed by atoms with Crippen LogP contribution in [-0.4, -0.2) is 14.3 Å². The summed E-state index contributed by atoms with van der Waals surface area (Å²) in [6, 6.07) is 9.54. The lowest BCUT2D eigenvalue weighted by Crippen LogP contribution is -2.27. The molecule has 8 heteroatoms. The largest absolute Gasteiger partial charge is 0.326 e. The van der Waals surface area contributed by atoms with Crippen molar-refractivity contribution in [3.8, 4) is 0 Å². The third kappa shape index (κ3) is 5.01. The zero-order valence-corrected chi connectivity index (χ0v) is 15.3. The van der Waals surface area contributed by atoms with E-state index in [0.29, 0.717) is 17.7 Å². The molecule has 0 heterocycles. The van der Waals surface area contributed by atoms with Gasteiger partial charge in [-0.3, -0.25) is 4.79 Å². The van der Waals surface area contributed by atoms with Crippen molar-refractivity contribution in [2.45, 2.75) is 31.2 Å². The van der Waals surface area contributed by atoms with Crippen molar-refractivity contribution < 1.29 is 17.6 Å². The minimum absolute atomic E-state index is 0.111. The zero-order chi connectivity index (χ0) is 18.6. The first-order valence-electron chi connectivity index (χ1n) is 7.60. The summed E-state index contributed by atoms with van der Waals surface area (Å²) < 4.78 is 41.0. The van der Waals surface area contributed by atoms with E-state index in [1.54, 1.807) is 38.1 Å². The summed E-state index contributed by atoms with van der Waals surface area (Å²) in [4.78, 5) is 10.9. The van der Waals surface area contributed by atoms with E-state index in [-0.39, 0.29) is 10.9 Å². The van der Waals surface area contributed by atoms with Gasteiger partial charge in [-0.15, -0.1) is 0 Å². The number of hydrogen-bond acceptors (Lipinski definition) is 3. The molecule has 0 fully saturated rings. The first-order valence-corrected chi connectivity index (χ1v) is 9.46. The number of halogens is 2. The number of carbonyl (C=O) groups is 1. The number of amides is 1. The highest BCUT2D eigenvalue weighted by atomic mass is 35.5. The molecule has 2 N–H and O–H groups in total. The molecule has 1 atom stereocenters. The van der Waals surface area contributed by atoms with Crippen molar-refractivity contribution >= 4 is 33.2 Å². The highest BCUT2D eigenvalue weighted by Crippen LogP contribution is 2.22. The Morgan fingerprint density at radius 3 is 2.40 bits per heavy atom. The number of hydrogen-bond donors (Lipinski definition) is 2. The second-order valence-electron chi connectivity index (χ2n) is 5.44. The van der Waals surface area contributed by atoms with E-state index in [1.165, 1.54) is 6.07 Å². The summed E-state index contributed by atoms with van der Waals surface area (Å²) in [6.07, 6.45) is 0.366. The third-order valence-corrected chi connectivity index (χ3v) is 5.34. The van der Waals surface area contributed by atoms with E-state index in [9.17, 15) is 17.6 Å². The van der Waals surface area contributed by atoms with Gasteiger partial charge in [0.05, 0.1) is 0 Å². The Balaban J connectivity index is 2.15. The van der Waals surface area contributed by atoms with Crippen molar-refractivity contribution in [3.05, 3.63) is 58.9 Å². The fraction of sp³-hybridized carbons (Fsp3) is 0.235. The van der Waals surface area contributed by atoms with Gasteiger partial charge in [0, 0.05) is 23.2 Å². The first-order chi connectivity index (χ1) is 11.7. The average molecular weight is 385 g/mol. The molecule has 0 saturated heterocycles. The fourth-order valence-electron chi connectivity index (χ4n) is 2.16. The van der Waals surface area contributed by atoms with Crippen LogP contribution >= 0.6 is 11.6 Å². The quantitative estimate of drug-likeness (QED) is 0.793. The van der Waals surface area contributed by atoms with Crippen LogP contribution in [0.3, 0.4) is 0 Å². The topological polar surface area (TPSA) is 75.3 Å². The molecule has 134 valence electrons. The smallest absolute Gasteiger partial charge is 0.244 e. The van der Waals surface area contributed by atoms with Gasteiger partial charge in [-0.25, -0.2) is 17.5 Å². The van der Waals surface area contributed by atoms with Gasteiger partial charge in [-0.1, -0.05) is 30.7 Å². The number of nitrogens with one attached hydrogen (secondary N) is 2. The maximum Gasteiger partial charge on any atom is 0.244 e. The summed E-state index contributed by atoms with van der Waals surface area (Å²) in [5, 5.41) is 2.82. The van der Waals surface area contributed by atoms with Crippen LogP contribution in [0, 0.1) is 5.82 Å². The molecule has 1 amide bonds. The van der Waals surface area contributed by atoms with Crippen LogP contribution in [0.15, 0.2) is 47.4 Å². The molecule has 5 nitrogen and oxygen atoms in total. The summed E-state index contributed by atoms with van der Waals surface area (Å²) in [5.74, 6) is -1.02. The third-order valence-electron chi connectivity index (χ3n) is 3.53. The lowest BCUT2D eigenvalue weighted by atomic mass is 10.1. The van der Waals surface area contributed by atoms with E-state index in [4.69, 9.17) is 11.6 Å². The Morgan fingerprint density at radius 1 is 1.20 bits per heavy atom. The molecule has 2 rings (SSSR count). The molecule has 0 aliphatic carbocycles. The van der Waals surface area contributed by atoms with E-state index >= 15 is 0 Å². The van der Waals surface area contributed by atoms with E-state index < -0.39 is 26.8 Å². The average Bonchev–Trinajstić information content (AvgIpc) is 2.54. The van der Waals surface area contributed by atoms with E-state index in [2.05, 4.69) is 10.0 Å². The lowest BCUT2D eigenvalue weighted by molar-refractivity contribution is -0.115. The molecule has 25 heavy (non-hydrogen) atoms. The first kappa shape index (κ1) is 19.4. The molecule has 2 aromatic rings. The normalized spacial score (nSPS) is 12.6. The molecule has 0 radical (unpaired) electrons. The highest BCUT2D eigenvalue weighted by molar-refractivity contribution is 7.89. The van der Waals surface area contributed by atoms with Crippen molar-refractivity contribution in [1.82, 2.24) is 4.72 Å². The number of rotatable bonds is 6. The van der Waals surface area contributed by atoms with Crippen molar-refractivity contribution in [2.24, 2.45) is 0 Å². The number of carbonyl (C=O) groups excluding carboxylic acids is 1. The van der Waals surface area contributed by atoms with Gasteiger partial charge in [0.2, 0.25) is 15.9 Å². The van der Waals surface area contributed by atoms with Gasteiger partial charge < -0.3 is 5.32 Å². The van der Waals surface area contributed by atoms with Gasteiger partial charge in [0.15, 0.2) is 0 Å². The van der Waals surface area contributed by atoms with Crippen LogP contribution in [0.4, 0.5) is 10.1 Å².